The van der Waals surface area contributed by atoms with Gasteiger partial charge in [-0.2, -0.15) is 4.31 Å². The molecular weight excluding hydrogens is 548 g/mol. The molecule has 1 aromatic heterocycles. The molecule has 0 bridgehead atoms. The van der Waals surface area contributed by atoms with Crippen molar-refractivity contribution in [2.45, 2.75) is 66.3 Å². The third kappa shape index (κ3) is 7.11. The minimum atomic E-state index is -3.72. The first-order valence-corrected chi connectivity index (χ1v) is 16.2. The zero-order valence-electron chi connectivity index (χ0n) is 24.6. The van der Waals surface area contributed by atoms with E-state index in [2.05, 4.69) is 5.32 Å². The lowest BCUT2D eigenvalue weighted by Crippen LogP contribution is -2.37. The van der Waals surface area contributed by atoms with Crippen LogP contribution in [0.25, 0.3) is 0 Å². The molecule has 3 amide bonds. The number of thiophene rings is 1. The highest BCUT2D eigenvalue weighted by molar-refractivity contribution is 7.89. The maximum atomic E-state index is 13.5. The average Bonchev–Trinajstić information content (AvgIpc) is 3.25. The molecule has 0 saturated carbocycles. The van der Waals surface area contributed by atoms with Crippen LogP contribution in [0.1, 0.15) is 79.6 Å². The van der Waals surface area contributed by atoms with Gasteiger partial charge in [-0.3, -0.25) is 14.4 Å². The molecule has 11 heteroatoms. The van der Waals surface area contributed by atoms with Gasteiger partial charge in [-0.25, -0.2) is 8.42 Å². The van der Waals surface area contributed by atoms with Crippen LogP contribution in [0.15, 0.2) is 29.2 Å². The number of carbonyl (C=O) groups is 3. The smallest absolute Gasteiger partial charge is 0.257 e. The third-order valence-electron chi connectivity index (χ3n) is 6.89. The van der Waals surface area contributed by atoms with Gasteiger partial charge in [0.2, 0.25) is 15.9 Å². The average molecular weight is 591 g/mol. The Kier molecular flexibility index (Phi) is 10.5. The van der Waals surface area contributed by atoms with Gasteiger partial charge in [0.15, 0.2) is 0 Å². The van der Waals surface area contributed by atoms with Crippen LogP contribution in [0.2, 0.25) is 0 Å². The van der Waals surface area contributed by atoms with Crippen molar-refractivity contribution in [1.29, 1.82) is 0 Å². The number of nitrogens with zero attached hydrogens (tertiary/aromatic N) is 3. The van der Waals surface area contributed by atoms with E-state index in [9.17, 15) is 22.8 Å². The van der Waals surface area contributed by atoms with Crippen LogP contribution in [0.5, 0.6) is 0 Å². The second-order valence-electron chi connectivity index (χ2n) is 11.0. The molecule has 40 heavy (non-hydrogen) atoms. The fourth-order valence-electron chi connectivity index (χ4n) is 4.84. The van der Waals surface area contributed by atoms with E-state index in [0.717, 1.165) is 10.4 Å². The highest BCUT2D eigenvalue weighted by Gasteiger charge is 2.31. The van der Waals surface area contributed by atoms with E-state index >= 15 is 0 Å². The largest absolute Gasteiger partial charge is 0.339 e. The molecule has 2 heterocycles. The molecule has 0 unspecified atom stereocenters. The normalized spacial score (nSPS) is 13.6. The minimum absolute atomic E-state index is 0.0309. The van der Waals surface area contributed by atoms with Gasteiger partial charge >= 0.3 is 0 Å². The first-order valence-electron chi connectivity index (χ1n) is 13.9. The lowest BCUT2D eigenvalue weighted by atomic mass is 10.0. The van der Waals surface area contributed by atoms with Gasteiger partial charge in [0.1, 0.15) is 5.00 Å². The van der Waals surface area contributed by atoms with Gasteiger partial charge in [0, 0.05) is 50.1 Å². The van der Waals surface area contributed by atoms with E-state index in [-0.39, 0.29) is 34.1 Å². The molecule has 0 atom stereocenters. The molecule has 1 aliphatic rings. The van der Waals surface area contributed by atoms with Crippen LogP contribution in [0, 0.1) is 11.8 Å². The van der Waals surface area contributed by atoms with Crippen LogP contribution in [0.3, 0.4) is 0 Å². The molecule has 9 nitrogen and oxygen atoms in total. The van der Waals surface area contributed by atoms with Crippen LogP contribution < -0.4 is 5.32 Å². The van der Waals surface area contributed by atoms with Crippen molar-refractivity contribution >= 4 is 44.1 Å². The Labute approximate surface area is 242 Å². The first-order chi connectivity index (χ1) is 18.8. The zero-order valence-corrected chi connectivity index (χ0v) is 26.2. The fraction of sp³-hybridized carbons (Fsp3) is 0.552. The Bertz CT molecular complexity index is 1320. The number of rotatable bonds is 11. The summed E-state index contributed by atoms with van der Waals surface area (Å²) in [5.41, 5.74) is 1.65. The van der Waals surface area contributed by atoms with Crippen molar-refractivity contribution in [2.75, 3.05) is 38.0 Å². The number of fused-ring (bicyclic) bond motifs is 1. The molecule has 0 aliphatic carbocycles. The molecule has 0 saturated heterocycles. The van der Waals surface area contributed by atoms with Crippen LogP contribution in [-0.4, -0.2) is 73.0 Å². The zero-order chi connectivity index (χ0) is 29.8. The molecule has 1 N–H and O–H groups in total. The summed E-state index contributed by atoms with van der Waals surface area (Å²) in [6.07, 6.45) is 0.541. The van der Waals surface area contributed by atoms with Crippen molar-refractivity contribution in [1.82, 2.24) is 14.1 Å². The topological polar surface area (TPSA) is 107 Å². The SMILES string of the molecule is CCN(CC)C(=O)c1c(NC(=O)c2ccc(S(=O)(=O)N(CC(C)C)CC(C)C)cc2)sc2c1CCN(C(C)=O)C2. The Balaban J connectivity index is 1.91. The van der Waals surface area contributed by atoms with Gasteiger partial charge < -0.3 is 15.1 Å². The molecule has 1 aromatic carbocycles. The highest BCUT2D eigenvalue weighted by atomic mass is 32.2. The van der Waals surface area contributed by atoms with Crippen molar-refractivity contribution in [2.24, 2.45) is 11.8 Å². The molecule has 220 valence electrons. The Morgan fingerprint density at radius 1 is 1.00 bits per heavy atom. The summed E-state index contributed by atoms with van der Waals surface area (Å²) in [6.45, 7) is 16.1. The van der Waals surface area contributed by atoms with E-state index in [0.29, 0.717) is 56.3 Å². The van der Waals surface area contributed by atoms with Crippen LogP contribution in [0.4, 0.5) is 5.00 Å². The van der Waals surface area contributed by atoms with E-state index in [1.165, 1.54) is 46.8 Å². The maximum Gasteiger partial charge on any atom is 0.257 e. The quantitative estimate of drug-likeness (QED) is 0.409. The molecular formula is C29H42N4O5S2. The van der Waals surface area contributed by atoms with Crippen LogP contribution >= 0.6 is 11.3 Å². The van der Waals surface area contributed by atoms with E-state index < -0.39 is 15.9 Å². The summed E-state index contributed by atoms with van der Waals surface area (Å²) in [7, 11) is -3.72. The van der Waals surface area contributed by atoms with Gasteiger partial charge in [0.05, 0.1) is 17.0 Å². The molecule has 0 fully saturated rings. The van der Waals surface area contributed by atoms with Gasteiger partial charge in [-0.1, -0.05) is 27.7 Å². The Hall–Kier alpha value is -2.76. The number of nitrogens with one attached hydrogen (secondary N) is 1. The van der Waals surface area contributed by atoms with Crippen molar-refractivity contribution < 1.29 is 22.8 Å². The summed E-state index contributed by atoms with van der Waals surface area (Å²) in [5, 5.41) is 3.37. The van der Waals surface area contributed by atoms with E-state index in [1.807, 2.05) is 41.5 Å². The highest BCUT2D eigenvalue weighted by Crippen LogP contribution is 2.38. The molecule has 1 aliphatic heterocycles. The first kappa shape index (κ1) is 31.8. The number of sulfonamides is 1. The van der Waals surface area contributed by atoms with E-state index in [1.54, 1.807) is 9.80 Å². The number of amides is 3. The number of hydrogen-bond acceptors (Lipinski definition) is 6. The Morgan fingerprint density at radius 3 is 2.08 bits per heavy atom. The molecule has 2 aromatic rings. The predicted octanol–water partition coefficient (Wildman–Crippen LogP) is 4.69. The van der Waals surface area contributed by atoms with Crippen molar-refractivity contribution in [3.05, 3.63) is 45.8 Å². The number of carbonyl (C=O) groups excluding carboxylic acids is 3. The second kappa shape index (κ2) is 13.3. The standard InChI is InChI=1S/C29H42N4O5S2/c1-8-31(9-2)29(36)26-24-14-15-32(21(7)34)18-25(24)39-28(26)30-27(35)22-10-12-23(13-11-22)40(37,38)33(16-19(3)4)17-20(5)6/h10-13,19-20H,8-9,14-18H2,1-7H3,(H,30,35). The lowest BCUT2D eigenvalue weighted by Gasteiger charge is -2.27. The summed E-state index contributed by atoms with van der Waals surface area (Å²) in [6, 6.07) is 5.93. The fourth-order valence-corrected chi connectivity index (χ4v) is 7.86. The van der Waals surface area contributed by atoms with Gasteiger partial charge in [-0.15, -0.1) is 11.3 Å². The summed E-state index contributed by atoms with van der Waals surface area (Å²) >= 11 is 1.32. The number of benzene rings is 1. The maximum absolute atomic E-state index is 13.5. The molecule has 0 radical (unpaired) electrons. The second-order valence-corrected chi connectivity index (χ2v) is 14.0. The summed E-state index contributed by atoms with van der Waals surface area (Å²) in [4.78, 5) is 43.3. The number of anilines is 1. The number of hydrogen-bond donors (Lipinski definition) is 1. The predicted molar refractivity (Wildman–Crippen MR) is 159 cm³/mol. The van der Waals surface area contributed by atoms with Gasteiger partial charge in [-0.05, 0) is 61.9 Å². The van der Waals surface area contributed by atoms with Crippen molar-refractivity contribution in [3.63, 3.8) is 0 Å². The van der Waals surface area contributed by atoms with Crippen LogP contribution in [-0.2, 0) is 27.8 Å². The van der Waals surface area contributed by atoms with Gasteiger partial charge in [0.25, 0.3) is 11.8 Å². The van der Waals surface area contributed by atoms with E-state index in [4.69, 9.17) is 0 Å². The molecule has 3 rings (SSSR count). The summed E-state index contributed by atoms with van der Waals surface area (Å²) in [5.74, 6) is -0.264. The third-order valence-corrected chi connectivity index (χ3v) is 9.86. The summed E-state index contributed by atoms with van der Waals surface area (Å²) < 4.78 is 28.2. The van der Waals surface area contributed by atoms with Crippen molar-refractivity contribution in [3.8, 4) is 0 Å². The molecule has 0 spiro atoms. The minimum Gasteiger partial charge on any atom is -0.339 e. The Morgan fingerprint density at radius 2 is 1.57 bits per heavy atom. The lowest BCUT2D eigenvalue weighted by molar-refractivity contribution is -0.129. The monoisotopic (exact) mass is 590 g/mol.